The second-order valence-corrected chi connectivity index (χ2v) is 5.46. The number of nitrogens with zero attached hydrogens (tertiary/aromatic N) is 3. The lowest BCUT2D eigenvalue weighted by molar-refractivity contribution is 0.479. The number of hydrogen-bond acceptors (Lipinski definition) is 7. The Hall–Kier alpha value is -2.15. The Kier molecular flexibility index (Phi) is 2.83. The van der Waals surface area contributed by atoms with E-state index in [4.69, 9.17) is 10.2 Å². The lowest BCUT2D eigenvalue weighted by atomic mass is 10.3. The van der Waals surface area contributed by atoms with Crippen LogP contribution in [0.4, 0.5) is 11.8 Å². The fourth-order valence-corrected chi connectivity index (χ4v) is 2.72. The number of oxazole rings is 1. The molecule has 3 N–H and O–H groups in total. The van der Waals surface area contributed by atoms with Crippen molar-refractivity contribution in [2.24, 2.45) is 0 Å². The fourth-order valence-electron chi connectivity index (χ4n) is 1.84. The zero-order valence-electron chi connectivity index (χ0n) is 10.6. The Morgan fingerprint density at radius 2 is 2.21 bits per heavy atom. The lowest BCUT2D eigenvalue weighted by Gasteiger charge is -2.05. The predicted octanol–water partition coefficient (Wildman–Crippen LogP) is 2.49. The number of nitrogens with two attached hydrogens (primary N) is 1. The third-order valence-corrected chi connectivity index (χ3v) is 3.55. The monoisotopic (exact) mass is 275 g/mol. The van der Waals surface area contributed by atoms with Crippen molar-refractivity contribution in [3.63, 3.8) is 0 Å². The van der Waals surface area contributed by atoms with Crippen molar-refractivity contribution in [3.05, 3.63) is 28.8 Å². The smallest absolute Gasteiger partial charge is 0.223 e. The van der Waals surface area contributed by atoms with Crippen molar-refractivity contribution in [2.75, 3.05) is 11.1 Å². The summed E-state index contributed by atoms with van der Waals surface area (Å²) in [7, 11) is 0. The molecule has 3 rings (SSSR count). The van der Waals surface area contributed by atoms with Crippen molar-refractivity contribution in [3.8, 4) is 0 Å². The van der Waals surface area contributed by atoms with Gasteiger partial charge in [-0.15, -0.1) is 11.3 Å². The van der Waals surface area contributed by atoms with E-state index in [1.807, 2.05) is 19.9 Å². The van der Waals surface area contributed by atoms with Gasteiger partial charge in [-0.25, -0.2) is 9.97 Å². The highest BCUT2D eigenvalue weighted by atomic mass is 32.1. The summed E-state index contributed by atoms with van der Waals surface area (Å²) >= 11 is 1.60. The third kappa shape index (κ3) is 2.37. The molecule has 0 aliphatic rings. The average Bonchev–Trinajstić information content (AvgIpc) is 2.91. The molecule has 0 aliphatic heterocycles. The van der Waals surface area contributed by atoms with Gasteiger partial charge in [0.05, 0.1) is 18.1 Å². The van der Waals surface area contributed by atoms with Crippen LogP contribution >= 0.6 is 11.3 Å². The van der Waals surface area contributed by atoms with Gasteiger partial charge in [-0.2, -0.15) is 4.98 Å². The summed E-state index contributed by atoms with van der Waals surface area (Å²) in [6.07, 6.45) is 1.69. The molecule has 0 spiro atoms. The van der Waals surface area contributed by atoms with Crippen LogP contribution in [0, 0.1) is 13.8 Å². The van der Waals surface area contributed by atoms with E-state index in [1.54, 1.807) is 17.5 Å². The minimum absolute atomic E-state index is 0.264. The molecule has 3 heterocycles. The maximum atomic E-state index is 5.71. The summed E-state index contributed by atoms with van der Waals surface area (Å²) in [5.41, 5.74) is 5.71. The molecule has 0 fully saturated rings. The van der Waals surface area contributed by atoms with Gasteiger partial charge in [0.1, 0.15) is 16.4 Å². The molecule has 6 nitrogen and oxygen atoms in total. The number of fused-ring (bicyclic) bond motifs is 1. The number of thiophene rings is 1. The van der Waals surface area contributed by atoms with Gasteiger partial charge in [0, 0.05) is 4.88 Å². The largest absolute Gasteiger partial charge is 0.444 e. The molecule has 0 aromatic carbocycles. The third-order valence-electron chi connectivity index (χ3n) is 2.61. The summed E-state index contributed by atoms with van der Waals surface area (Å²) in [6, 6.07) is 2.04. The first-order valence-electron chi connectivity index (χ1n) is 5.80. The Morgan fingerprint density at radius 1 is 1.37 bits per heavy atom. The van der Waals surface area contributed by atoms with Crippen molar-refractivity contribution < 1.29 is 4.42 Å². The quantitative estimate of drug-likeness (QED) is 0.763. The molecule has 0 radical (unpaired) electrons. The van der Waals surface area contributed by atoms with Crippen LogP contribution in [0.5, 0.6) is 0 Å². The molecule has 19 heavy (non-hydrogen) atoms. The van der Waals surface area contributed by atoms with Crippen LogP contribution in [0.2, 0.25) is 0 Å². The number of rotatable bonds is 3. The number of aryl methyl sites for hydroxylation is 2. The molecule has 3 aromatic rings. The summed E-state index contributed by atoms with van der Waals surface area (Å²) in [6.45, 7) is 4.36. The Bertz CT molecular complexity index is 733. The van der Waals surface area contributed by atoms with Crippen LogP contribution in [0.3, 0.4) is 0 Å². The molecule has 0 aliphatic carbocycles. The van der Waals surface area contributed by atoms with Gasteiger partial charge >= 0.3 is 0 Å². The van der Waals surface area contributed by atoms with Crippen LogP contribution in [-0.2, 0) is 6.54 Å². The van der Waals surface area contributed by atoms with Crippen LogP contribution in [0.25, 0.3) is 10.2 Å². The van der Waals surface area contributed by atoms with E-state index in [1.165, 1.54) is 4.88 Å². The Balaban J connectivity index is 1.91. The van der Waals surface area contributed by atoms with E-state index >= 15 is 0 Å². The normalized spacial score (nSPS) is 11.1. The van der Waals surface area contributed by atoms with Crippen LogP contribution in [0.15, 0.2) is 16.7 Å². The van der Waals surface area contributed by atoms with E-state index in [0.29, 0.717) is 18.3 Å². The van der Waals surface area contributed by atoms with Gasteiger partial charge in [0.2, 0.25) is 11.8 Å². The molecule has 98 valence electrons. The van der Waals surface area contributed by atoms with Gasteiger partial charge < -0.3 is 15.5 Å². The average molecular weight is 275 g/mol. The maximum absolute atomic E-state index is 5.71. The number of hydrogen-bond donors (Lipinski definition) is 2. The van der Waals surface area contributed by atoms with E-state index in [-0.39, 0.29) is 5.95 Å². The number of nitrogens with one attached hydrogen (secondary N) is 1. The second kappa shape index (κ2) is 4.51. The molecule has 0 saturated carbocycles. The zero-order valence-corrected chi connectivity index (χ0v) is 11.4. The SMILES string of the molecule is Cc1cnc(CNc2nc(N)nc3sc(C)cc23)o1. The highest BCUT2D eigenvalue weighted by Gasteiger charge is 2.10. The van der Waals surface area contributed by atoms with Crippen LogP contribution in [0.1, 0.15) is 16.5 Å². The molecule has 7 heteroatoms. The first-order valence-corrected chi connectivity index (χ1v) is 6.62. The summed E-state index contributed by atoms with van der Waals surface area (Å²) in [5, 5.41) is 4.16. The van der Waals surface area contributed by atoms with Gasteiger partial charge in [-0.1, -0.05) is 0 Å². The van der Waals surface area contributed by atoms with E-state index in [2.05, 4.69) is 20.3 Å². The zero-order chi connectivity index (χ0) is 13.4. The van der Waals surface area contributed by atoms with Gasteiger partial charge in [-0.05, 0) is 19.9 Å². The number of aromatic nitrogens is 3. The molecule has 0 amide bonds. The highest BCUT2D eigenvalue weighted by Crippen LogP contribution is 2.29. The van der Waals surface area contributed by atoms with Crippen molar-refractivity contribution >= 4 is 33.3 Å². The number of nitrogen functional groups attached to an aromatic ring is 1. The molecule has 3 aromatic heterocycles. The Labute approximate surface area is 113 Å². The van der Waals surface area contributed by atoms with Gasteiger partial charge in [0.15, 0.2) is 0 Å². The van der Waals surface area contributed by atoms with Gasteiger partial charge in [-0.3, -0.25) is 0 Å². The van der Waals surface area contributed by atoms with E-state index in [9.17, 15) is 0 Å². The van der Waals surface area contributed by atoms with Crippen molar-refractivity contribution in [1.82, 2.24) is 15.0 Å². The fraction of sp³-hybridized carbons (Fsp3) is 0.250. The molecule has 0 atom stereocenters. The van der Waals surface area contributed by atoms with Crippen molar-refractivity contribution in [1.29, 1.82) is 0 Å². The minimum Gasteiger partial charge on any atom is -0.444 e. The van der Waals surface area contributed by atoms with Crippen molar-refractivity contribution in [2.45, 2.75) is 20.4 Å². The first-order chi connectivity index (χ1) is 9.11. The minimum atomic E-state index is 0.264. The Morgan fingerprint density at radius 3 is 2.95 bits per heavy atom. The van der Waals surface area contributed by atoms with Gasteiger partial charge in [0.25, 0.3) is 0 Å². The molecule has 0 saturated heterocycles. The van der Waals surface area contributed by atoms with E-state index in [0.717, 1.165) is 16.0 Å². The molecular weight excluding hydrogens is 262 g/mol. The second-order valence-electron chi connectivity index (χ2n) is 4.22. The summed E-state index contributed by atoms with van der Waals surface area (Å²) in [5.74, 6) is 2.38. The molecular formula is C12H13N5OS. The highest BCUT2D eigenvalue weighted by molar-refractivity contribution is 7.18. The van der Waals surface area contributed by atoms with E-state index < -0.39 is 0 Å². The van der Waals surface area contributed by atoms with Crippen LogP contribution in [-0.4, -0.2) is 15.0 Å². The standard InChI is InChI=1S/C12H13N5OS/c1-6-4-14-9(18-6)5-15-10-8-3-7(2)19-11(8)17-12(13)16-10/h3-4H,5H2,1-2H3,(H3,13,15,16,17). The lowest BCUT2D eigenvalue weighted by Crippen LogP contribution is -2.04. The summed E-state index contributed by atoms with van der Waals surface area (Å²) < 4.78 is 5.41. The summed E-state index contributed by atoms with van der Waals surface area (Å²) in [4.78, 5) is 14.6. The molecule has 0 unspecified atom stereocenters. The maximum Gasteiger partial charge on any atom is 0.223 e. The first kappa shape index (κ1) is 11.9. The van der Waals surface area contributed by atoms with Crippen LogP contribution < -0.4 is 11.1 Å². The number of anilines is 2. The predicted molar refractivity (Wildman–Crippen MR) is 75.1 cm³/mol. The topological polar surface area (TPSA) is 89.9 Å². The molecule has 0 bridgehead atoms.